The van der Waals surface area contributed by atoms with E-state index < -0.39 is 17.9 Å². The summed E-state index contributed by atoms with van der Waals surface area (Å²) in [6, 6.07) is 21.8. The Morgan fingerprint density at radius 3 is 2.03 bits per heavy atom. The number of carbonyl (C=O) groups excluding carboxylic acids is 1. The zero-order chi connectivity index (χ0) is 24.0. The van der Waals surface area contributed by atoms with Gasteiger partial charge in [-0.2, -0.15) is 4.99 Å². The van der Waals surface area contributed by atoms with Gasteiger partial charge in [0.05, 0.1) is 6.04 Å². The Labute approximate surface area is 193 Å². The summed E-state index contributed by atoms with van der Waals surface area (Å²) in [6.07, 6.45) is 0.178. The van der Waals surface area contributed by atoms with E-state index in [0.29, 0.717) is 5.56 Å². The van der Waals surface area contributed by atoms with Crippen LogP contribution in [0, 0.1) is 6.92 Å². The summed E-state index contributed by atoms with van der Waals surface area (Å²) >= 11 is 0. The minimum atomic E-state index is -1.07. The number of aryl methyl sites for hydroxylation is 1. The van der Waals surface area contributed by atoms with Crippen molar-refractivity contribution in [2.75, 3.05) is 0 Å². The number of nitrogens with one attached hydrogen (secondary N) is 1. The number of carbonyl (C=O) groups is 2. The molecule has 1 unspecified atom stereocenters. The van der Waals surface area contributed by atoms with E-state index in [1.54, 1.807) is 24.3 Å². The van der Waals surface area contributed by atoms with E-state index in [0.717, 1.165) is 22.3 Å². The molecule has 3 aromatic rings. The number of carboxylic acids is 1. The van der Waals surface area contributed by atoms with Gasteiger partial charge in [-0.05, 0) is 54.7 Å². The summed E-state index contributed by atoms with van der Waals surface area (Å²) in [5.74, 6) is -1.54. The highest BCUT2D eigenvalue weighted by atomic mass is 16.4. The van der Waals surface area contributed by atoms with Crippen LogP contribution in [0.15, 0.2) is 77.8 Å². The molecule has 0 heterocycles. The molecule has 0 saturated heterocycles. The predicted octanol–water partition coefficient (Wildman–Crippen LogP) is 3.42. The first-order chi connectivity index (χ1) is 15.7. The predicted molar refractivity (Wildman–Crippen MR) is 130 cm³/mol. The lowest BCUT2D eigenvalue weighted by Gasteiger charge is -2.15. The van der Waals surface area contributed by atoms with E-state index in [2.05, 4.69) is 53.6 Å². The third-order valence-corrected chi connectivity index (χ3v) is 5.36. The molecule has 1 amide bonds. The van der Waals surface area contributed by atoms with Crippen molar-refractivity contribution in [3.8, 4) is 11.1 Å². The van der Waals surface area contributed by atoms with Gasteiger partial charge in [0.2, 0.25) is 0 Å². The standard InChI is InChI=1S/C26H28N4O3/c1-16-3-7-20(8-4-16)21-13-11-19(12-14-21)17(2)29-26(28)30-24(31)22-9-5-18(6-10-22)15-23(27)25(32)33/h3-14,17,23H,15,27H2,1-2H3,(H,32,33)(H3,28,29,30,31)/t17?,23-/m0/s1. The van der Waals surface area contributed by atoms with Gasteiger partial charge in [-0.15, -0.1) is 0 Å². The summed E-state index contributed by atoms with van der Waals surface area (Å²) < 4.78 is 0. The van der Waals surface area contributed by atoms with Crippen LogP contribution >= 0.6 is 0 Å². The highest BCUT2D eigenvalue weighted by Crippen LogP contribution is 2.22. The van der Waals surface area contributed by atoms with Gasteiger partial charge in [0.15, 0.2) is 5.96 Å². The van der Waals surface area contributed by atoms with Crippen molar-refractivity contribution in [2.24, 2.45) is 16.5 Å². The van der Waals surface area contributed by atoms with Crippen molar-refractivity contribution in [3.05, 3.63) is 95.1 Å². The fraction of sp³-hybridized carbons (Fsp3) is 0.192. The molecule has 0 spiro atoms. The second kappa shape index (κ2) is 10.6. The topological polar surface area (TPSA) is 131 Å². The van der Waals surface area contributed by atoms with Gasteiger partial charge in [0, 0.05) is 5.56 Å². The average molecular weight is 445 g/mol. The minimum Gasteiger partial charge on any atom is -0.480 e. The molecule has 170 valence electrons. The number of benzene rings is 3. The Kier molecular flexibility index (Phi) is 7.58. The number of aliphatic carboxylic acids is 1. The average Bonchev–Trinajstić information content (AvgIpc) is 2.80. The second-order valence-corrected chi connectivity index (χ2v) is 8.00. The molecule has 2 atom stereocenters. The Bertz CT molecular complexity index is 1140. The number of rotatable bonds is 7. The lowest BCUT2D eigenvalue weighted by molar-refractivity contribution is -0.138. The first-order valence-corrected chi connectivity index (χ1v) is 10.6. The third-order valence-electron chi connectivity index (χ3n) is 5.36. The number of carboxylic acid groups (broad SMARTS) is 1. The zero-order valence-corrected chi connectivity index (χ0v) is 18.7. The van der Waals surface area contributed by atoms with E-state index in [-0.39, 0.29) is 18.4 Å². The van der Waals surface area contributed by atoms with Crippen molar-refractivity contribution >= 4 is 17.8 Å². The maximum atomic E-state index is 12.4. The Balaban J connectivity index is 1.61. The molecule has 6 N–H and O–H groups in total. The molecule has 0 fully saturated rings. The molecular weight excluding hydrogens is 416 g/mol. The number of hydrogen-bond donors (Lipinski definition) is 4. The summed E-state index contributed by atoms with van der Waals surface area (Å²) in [5.41, 5.74) is 17.1. The number of guanidine groups is 1. The van der Waals surface area contributed by atoms with Crippen LogP contribution in [0.5, 0.6) is 0 Å². The summed E-state index contributed by atoms with van der Waals surface area (Å²) in [6.45, 7) is 4.00. The van der Waals surface area contributed by atoms with Gasteiger partial charge >= 0.3 is 5.97 Å². The zero-order valence-electron chi connectivity index (χ0n) is 18.7. The van der Waals surface area contributed by atoms with E-state index in [1.165, 1.54) is 5.56 Å². The summed E-state index contributed by atoms with van der Waals surface area (Å²) in [5, 5.41) is 11.9. The van der Waals surface area contributed by atoms with Gasteiger partial charge in [0.25, 0.3) is 5.91 Å². The van der Waals surface area contributed by atoms with E-state index in [9.17, 15) is 9.59 Å². The second-order valence-electron chi connectivity index (χ2n) is 8.00. The first-order valence-electron chi connectivity index (χ1n) is 10.6. The maximum Gasteiger partial charge on any atom is 0.320 e. The Hall–Kier alpha value is -3.97. The number of hydrogen-bond acceptors (Lipinski definition) is 3. The highest BCUT2D eigenvalue weighted by molar-refractivity contribution is 6.02. The van der Waals surface area contributed by atoms with Crippen molar-refractivity contribution < 1.29 is 14.7 Å². The smallest absolute Gasteiger partial charge is 0.320 e. The van der Waals surface area contributed by atoms with Gasteiger partial charge in [0.1, 0.15) is 6.04 Å². The van der Waals surface area contributed by atoms with Gasteiger partial charge < -0.3 is 21.9 Å². The molecule has 3 rings (SSSR count). The molecule has 3 aromatic carbocycles. The van der Waals surface area contributed by atoms with Crippen molar-refractivity contribution in [1.29, 1.82) is 0 Å². The monoisotopic (exact) mass is 444 g/mol. The molecule has 0 aliphatic heterocycles. The maximum absolute atomic E-state index is 12.4. The quantitative estimate of drug-likeness (QED) is 0.326. The fourth-order valence-corrected chi connectivity index (χ4v) is 3.35. The molecule has 7 nitrogen and oxygen atoms in total. The number of aliphatic imine (C=N–C) groups is 1. The van der Waals surface area contributed by atoms with Crippen LogP contribution in [0.25, 0.3) is 11.1 Å². The molecule has 33 heavy (non-hydrogen) atoms. The van der Waals surface area contributed by atoms with Crippen molar-refractivity contribution in [1.82, 2.24) is 5.32 Å². The summed E-state index contributed by atoms with van der Waals surface area (Å²) in [7, 11) is 0. The molecular formula is C26H28N4O3. The molecule has 0 aliphatic rings. The van der Waals surface area contributed by atoms with E-state index in [1.807, 2.05) is 19.1 Å². The first kappa shape index (κ1) is 23.7. The van der Waals surface area contributed by atoms with Crippen LogP contribution < -0.4 is 16.8 Å². The lowest BCUT2D eigenvalue weighted by Crippen LogP contribution is -2.34. The van der Waals surface area contributed by atoms with Crippen molar-refractivity contribution in [2.45, 2.75) is 32.4 Å². The van der Waals surface area contributed by atoms with Crippen LogP contribution in [0.1, 0.15) is 40.0 Å². The van der Waals surface area contributed by atoms with Crippen LogP contribution in [0.2, 0.25) is 0 Å². The Morgan fingerprint density at radius 1 is 0.939 bits per heavy atom. The van der Waals surface area contributed by atoms with Crippen LogP contribution in [0.3, 0.4) is 0 Å². The van der Waals surface area contributed by atoms with E-state index in [4.69, 9.17) is 16.6 Å². The lowest BCUT2D eigenvalue weighted by atomic mass is 10.0. The fourth-order valence-electron chi connectivity index (χ4n) is 3.35. The summed E-state index contributed by atoms with van der Waals surface area (Å²) in [4.78, 5) is 27.2. The van der Waals surface area contributed by atoms with Crippen LogP contribution in [0.4, 0.5) is 0 Å². The third kappa shape index (κ3) is 6.51. The normalized spacial score (nSPS) is 13.2. The van der Waals surface area contributed by atoms with Gasteiger partial charge in [-0.1, -0.05) is 66.2 Å². The van der Waals surface area contributed by atoms with Gasteiger partial charge in [-0.3, -0.25) is 9.59 Å². The number of nitrogens with zero attached hydrogens (tertiary/aromatic N) is 1. The highest BCUT2D eigenvalue weighted by Gasteiger charge is 2.13. The minimum absolute atomic E-state index is 0.0205. The van der Waals surface area contributed by atoms with Gasteiger partial charge in [-0.25, -0.2) is 0 Å². The largest absolute Gasteiger partial charge is 0.480 e. The van der Waals surface area contributed by atoms with E-state index >= 15 is 0 Å². The Morgan fingerprint density at radius 2 is 1.48 bits per heavy atom. The van der Waals surface area contributed by atoms with Crippen molar-refractivity contribution in [3.63, 3.8) is 0 Å². The van der Waals surface area contributed by atoms with Crippen LogP contribution in [-0.2, 0) is 11.2 Å². The molecule has 0 radical (unpaired) electrons. The molecule has 0 bridgehead atoms. The molecule has 0 saturated carbocycles. The molecule has 7 heteroatoms. The SMILES string of the molecule is Cc1ccc(-c2ccc(C(C)N/C(N)=N/C(=O)c3ccc(C[C@H](N)C(=O)O)cc3)cc2)cc1. The number of amides is 1. The molecule has 0 aliphatic carbocycles. The number of nitrogens with two attached hydrogens (primary N) is 2. The molecule has 0 aromatic heterocycles. The van der Waals surface area contributed by atoms with Crippen LogP contribution in [-0.4, -0.2) is 29.0 Å².